The third kappa shape index (κ3) is 3.40. The molecule has 0 saturated heterocycles. The second-order valence-corrected chi connectivity index (χ2v) is 4.92. The van der Waals surface area contributed by atoms with E-state index in [4.69, 9.17) is 0 Å². The number of nitro benzene ring substituents is 1. The van der Waals surface area contributed by atoms with Gasteiger partial charge in [0.2, 0.25) is 5.82 Å². The molecule has 0 bridgehead atoms. The lowest BCUT2D eigenvalue weighted by molar-refractivity contribution is -0.387. The van der Waals surface area contributed by atoms with Crippen LogP contribution >= 0.6 is 15.9 Å². The zero-order chi connectivity index (χ0) is 15.6. The number of halogens is 3. The number of hydrogen-bond donors (Lipinski definition) is 1. The number of hydrogen-bond acceptors (Lipinski definition) is 3. The standard InChI is InChI=1S/C13H7BrF2N2O3/c14-8-2-3-11(9(15)6-8)17-13(19)7-1-4-12(18(20)21)10(16)5-7/h1-6H,(H,17,19). The fraction of sp³-hybridized carbons (Fsp3) is 0. The third-order valence-electron chi connectivity index (χ3n) is 2.59. The number of benzene rings is 2. The minimum Gasteiger partial charge on any atom is -0.319 e. The van der Waals surface area contributed by atoms with Gasteiger partial charge in [0, 0.05) is 16.1 Å². The van der Waals surface area contributed by atoms with Gasteiger partial charge in [0.15, 0.2) is 0 Å². The first kappa shape index (κ1) is 15.0. The number of anilines is 1. The maximum absolute atomic E-state index is 13.6. The van der Waals surface area contributed by atoms with Crippen molar-refractivity contribution in [2.45, 2.75) is 0 Å². The summed E-state index contributed by atoms with van der Waals surface area (Å²) in [4.78, 5) is 21.4. The van der Waals surface area contributed by atoms with Crippen LogP contribution in [0.15, 0.2) is 40.9 Å². The van der Waals surface area contributed by atoms with Crippen LogP contribution in [-0.4, -0.2) is 10.8 Å². The van der Waals surface area contributed by atoms with E-state index < -0.39 is 28.2 Å². The average molecular weight is 357 g/mol. The molecular weight excluding hydrogens is 350 g/mol. The molecule has 108 valence electrons. The highest BCUT2D eigenvalue weighted by Gasteiger charge is 2.17. The molecule has 0 aliphatic rings. The summed E-state index contributed by atoms with van der Waals surface area (Å²) in [6.45, 7) is 0. The highest BCUT2D eigenvalue weighted by molar-refractivity contribution is 9.10. The lowest BCUT2D eigenvalue weighted by Gasteiger charge is -2.07. The lowest BCUT2D eigenvalue weighted by Crippen LogP contribution is -2.13. The van der Waals surface area contributed by atoms with Crippen molar-refractivity contribution in [3.05, 3.63) is 68.2 Å². The summed E-state index contributed by atoms with van der Waals surface area (Å²) in [5.41, 5.74) is -0.969. The Balaban J connectivity index is 2.24. The van der Waals surface area contributed by atoms with Gasteiger partial charge in [0.05, 0.1) is 10.6 Å². The molecule has 0 fully saturated rings. The highest BCUT2D eigenvalue weighted by atomic mass is 79.9. The third-order valence-corrected chi connectivity index (χ3v) is 3.08. The summed E-state index contributed by atoms with van der Waals surface area (Å²) in [6.07, 6.45) is 0. The summed E-state index contributed by atoms with van der Waals surface area (Å²) >= 11 is 3.07. The summed E-state index contributed by atoms with van der Waals surface area (Å²) in [5.74, 6) is -2.57. The number of nitro groups is 1. The van der Waals surface area contributed by atoms with Crippen molar-refractivity contribution >= 4 is 33.2 Å². The Kier molecular flexibility index (Phi) is 4.27. The summed E-state index contributed by atoms with van der Waals surface area (Å²) in [7, 11) is 0. The minimum absolute atomic E-state index is 0.0815. The SMILES string of the molecule is O=C(Nc1ccc(Br)cc1F)c1ccc([N+](=O)[O-])c(F)c1. The molecule has 1 amide bonds. The van der Waals surface area contributed by atoms with Gasteiger partial charge in [-0.2, -0.15) is 4.39 Å². The summed E-state index contributed by atoms with van der Waals surface area (Å²) in [5, 5.41) is 12.7. The van der Waals surface area contributed by atoms with E-state index in [0.29, 0.717) is 4.47 Å². The fourth-order valence-electron chi connectivity index (χ4n) is 1.58. The van der Waals surface area contributed by atoms with Crippen LogP contribution in [0.2, 0.25) is 0 Å². The molecule has 1 N–H and O–H groups in total. The summed E-state index contributed by atoms with van der Waals surface area (Å²) < 4.78 is 27.5. The van der Waals surface area contributed by atoms with Gasteiger partial charge in [0.25, 0.3) is 5.91 Å². The number of carbonyl (C=O) groups excluding carboxylic acids is 1. The van der Waals surface area contributed by atoms with Gasteiger partial charge < -0.3 is 5.32 Å². The van der Waals surface area contributed by atoms with Crippen LogP contribution in [0.1, 0.15) is 10.4 Å². The van der Waals surface area contributed by atoms with Crippen LogP contribution in [0, 0.1) is 21.7 Å². The van der Waals surface area contributed by atoms with Gasteiger partial charge in [-0.15, -0.1) is 0 Å². The first-order chi connectivity index (χ1) is 9.88. The predicted molar refractivity (Wildman–Crippen MR) is 75.1 cm³/mol. The number of nitrogens with one attached hydrogen (secondary N) is 1. The van der Waals surface area contributed by atoms with Crippen molar-refractivity contribution in [3.63, 3.8) is 0 Å². The zero-order valence-electron chi connectivity index (χ0n) is 10.3. The fourth-order valence-corrected chi connectivity index (χ4v) is 1.91. The molecule has 0 heterocycles. The minimum atomic E-state index is -1.14. The molecule has 0 unspecified atom stereocenters. The Hall–Kier alpha value is -2.35. The van der Waals surface area contributed by atoms with Crippen molar-refractivity contribution < 1.29 is 18.5 Å². The van der Waals surface area contributed by atoms with Crippen LogP contribution in [0.25, 0.3) is 0 Å². The molecular formula is C13H7BrF2N2O3. The molecule has 0 spiro atoms. The molecule has 0 aromatic heterocycles. The van der Waals surface area contributed by atoms with E-state index >= 15 is 0 Å². The van der Waals surface area contributed by atoms with Gasteiger partial charge >= 0.3 is 5.69 Å². The second-order valence-electron chi connectivity index (χ2n) is 4.00. The normalized spacial score (nSPS) is 10.2. The molecule has 2 aromatic carbocycles. The maximum atomic E-state index is 13.6. The summed E-state index contributed by atoms with van der Waals surface area (Å²) in [6, 6.07) is 6.71. The first-order valence-corrected chi connectivity index (χ1v) is 6.38. The molecule has 0 radical (unpaired) electrons. The van der Waals surface area contributed by atoms with Crippen molar-refractivity contribution in [1.82, 2.24) is 0 Å². The molecule has 0 aliphatic carbocycles. The van der Waals surface area contributed by atoms with E-state index in [2.05, 4.69) is 21.2 Å². The van der Waals surface area contributed by atoms with Crippen molar-refractivity contribution in [2.24, 2.45) is 0 Å². The molecule has 0 saturated carbocycles. The quantitative estimate of drug-likeness (QED) is 0.669. The van der Waals surface area contributed by atoms with Crippen LogP contribution in [0.5, 0.6) is 0 Å². The molecule has 2 aromatic rings. The van der Waals surface area contributed by atoms with Crippen LogP contribution < -0.4 is 5.32 Å². The van der Waals surface area contributed by atoms with Gasteiger partial charge in [0.1, 0.15) is 5.82 Å². The highest BCUT2D eigenvalue weighted by Crippen LogP contribution is 2.22. The van der Waals surface area contributed by atoms with E-state index in [1.807, 2.05) is 0 Å². The number of rotatable bonds is 3. The van der Waals surface area contributed by atoms with E-state index in [9.17, 15) is 23.7 Å². The predicted octanol–water partition coefficient (Wildman–Crippen LogP) is 3.89. The maximum Gasteiger partial charge on any atom is 0.304 e. The monoisotopic (exact) mass is 356 g/mol. The molecule has 5 nitrogen and oxygen atoms in total. The van der Waals surface area contributed by atoms with Crippen LogP contribution in [0.4, 0.5) is 20.2 Å². The topological polar surface area (TPSA) is 72.2 Å². The van der Waals surface area contributed by atoms with Crippen molar-refractivity contribution in [1.29, 1.82) is 0 Å². The van der Waals surface area contributed by atoms with Crippen LogP contribution in [0.3, 0.4) is 0 Å². The largest absolute Gasteiger partial charge is 0.319 e. The van der Waals surface area contributed by atoms with E-state index in [-0.39, 0.29) is 11.3 Å². The van der Waals surface area contributed by atoms with Crippen molar-refractivity contribution in [3.8, 4) is 0 Å². The average Bonchev–Trinajstić information content (AvgIpc) is 2.41. The molecule has 8 heteroatoms. The van der Waals surface area contributed by atoms with E-state index in [1.165, 1.54) is 12.1 Å². The first-order valence-electron chi connectivity index (χ1n) is 5.59. The molecule has 0 aliphatic heterocycles. The Morgan fingerprint density at radius 2 is 1.86 bits per heavy atom. The van der Waals surface area contributed by atoms with Gasteiger partial charge in [-0.05, 0) is 30.3 Å². The van der Waals surface area contributed by atoms with E-state index in [0.717, 1.165) is 24.3 Å². The Morgan fingerprint density at radius 3 is 2.43 bits per heavy atom. The van der Waals surface area contributed by atoms with Crippen LogP contribution in [-0.2, 0) is 0 Å². The van der Waals surface area contributed by atoms with Crippen molar-refractivity contribution in [2.75, 3.05) is 5.32 Å². The Bertz CT molecular complexity index is 737. The van der Waals surface area contributed by atoms with Gasteiger partial charge in [-0.25, -0.2) is 4.39 Å². The number of nitrogens with zero attached hydrogens (tertiary/aromatic N) is 1. The van der Waals surface area contributed by atoms with Gasteiger partial charge in [-0.3, -0.25) is 14.9 Å². The Labute approximate surface area is 125 Å². The molecule has 2 rings (SSSR count). The van der Waals surface area contributed by atoms with E-state index in [1.54, 1.807) is 0 Å². The number of carbonyl (C=O) groups is 1. The molecule has 0 atom stereocenters. The molecule has 21 heavy (non-hydrogen) atoms. The lowest BCUT2D eigenvalue weighted by atomic mass is 10.2. The number of amides is 1. The zero-order valence-corrected chi connectivity index (χ0v) is 11.9. The smallest absolute Gasteiger partial charge is 0.304 e. The van der Waals surface area contributed by atoms with Gasteiger partial charge in [-0.1, -0.05) is 15.9 Å². The Morgan fingerprint density at radius 1 is 1.14 bits per heavy atom. The second kappa shape index (κ2) is 5.96.